The average Bonchev–Trinajstić information content (AvgIpc) is 3.56. The summed E-state index contributed by atoms with van der Waals surface area (Å²) in [6, 6.07) is 10.7. The lowest BCUT2D eigenvalue weighted by Crippen LogP contribution is -2.54. The maximum atomic E-state index is 13.1. The number of carbonyl (C=O) groups is 5. The highest BCUT2D eigenvalue weighted by Gasteiger charge is 2.45. The zero-order chi connectivity index (χ0) is 32.0. The number of aromatic nitrogens is 2. The van der Waals surface area contributed by atoms with Crippen LogP contribution in [0.5, 0.6) is 0 Å². The SMILES string of the molecule is CC(C)(C(=O)Nc1ccc(C#N)c(Cl)c1)n1cc(C#CC2CN(c3ccc4c(c3)C(=O)N(C3CCC(=O)NC3=O)C4=O)C2)cn1. The van der Waals surface area contributed by atoms with Crippen molar-refractivity contribution in [1.82, 2.24) is 20.0 Å². The van der Waals surface area contributed by atoms with Gasteiger partial charge in [0.05, 0.1) is 39.4 Å². The van der Waals surface area contributed by atoms with E-state index in [4.69, 9.17) is 16.9 Å². The first-order valence-corrected chi connectivity index (χ1v) is 14.5. The highest BCUT2D eigenvalue weighted by atomic mass is 35.5. The molecule has 3 aliphatic rings. The summed E-state index contributed by atoms with van der Waals surface area (Å²) in [7, 11) is 0. The van der Waals surface area contributed by atoms with Crippen molar-refractivity contribution < 1.29 is 24.0 Å². The molecule has 1 atom stereocenters. The summed E-state index contributed by atoms with van der Waals surface area (Å²) in [5.41, 5.74) is 1.61. The van der Waals surface area contributed by atoms with Gasteiger partial charge in [0.2, 0.25) is 11.8 Å². The normalized spacial score (nSPS) is 18.0. The number of hydrogen-bond acceptors (Lipinski definition) is 8. The van der Waals surface area contributed by atoms with Gasteiger partial charge in [-0.15, -0.1) is 0 Å². The van der Waals surface area contributed by atoms with Crippen LogP contribution < -0.4 is 15.5 Å². The van der Waals surface area contributed by atoms with Crippen LogP contribution in [0.15, 0.2) is 48.8 Å². The summed E-state index contributed by atoms with van der Waals surface area (Å²) < 4.78 is 1.53. The van der Waals surface area contributed by atoms with Crippen molar-refractivity contribution in [3.05, 3.63) is 76.1 Å². The predicted octanol–water partition coefficient (Wildman–Crippen LogP) is 2.67. The molecule has 3 aromatic rings. The van der Waals surface area contributed by atoms with E-state index in [9.17, 15) is 24.0 Å². The fourth-order valence-corrected chi connectivity index (χ4v) is 5.61. The standard InChI is InChI=1S/C32H26ClN7O5/c1-32(2,31(45)36-21-6-5-20(13-34)25(33)11-21)39-17-18(14-35-39)3-4-19-15-38(16-19)22-7-8-23-24(12-22)30(44)40(29(23)43)26-9-10-27(41)37-28(26)42/h5-8,11-12,14,17,19,26H,9-10,15-16H2,1-2H3,(H,36,45)(H,37,41,42). The molecular formula is C32H26ClN7O5. The van der Waals surface area contributed by atoms with Gasteiger partial charge in [0, 0.05) is 37.1 Å². The molecule has 2 fully saturated rings. The molecule has 2 saturated heterocycles. The van der Waals surface area contributed by atoms with Gasteiger partial charge in [-0.3, -0.25) is 38.9 Å². The minimum absolute atomic E-state index is 0.0522. The molecule has 0 spiro atoms. The molecule has 3 aliphatic heterocycles. The lowest BCUT2D eigenvalue weighted by Gasteiger charge is -2.38. The third kappa shape index (κ3) is 5.41. The zero-order valence-electron chi connectivity index (χ0n) is 24.3. The number of nitrogens with one attached hydrogen (secondary N) is 2. The number of benzene rings is 2. The summed E-state index contributed by atoms with van der Waals surface area (Å²) in [5.74, 6) is 3.93. The molecule has 226 valence electrons. The number of hydrogen-bond donors (Lipinski definition) is 2. The Morgan fingerprint density at radius 2 is 1.84 bits per heavy atom. The van der Waals surface area contributed by atoms with Crippen LogP contribution >= 0.6 is 11.6 Å². The summed E-state index contributed by atoms with van der Waals surface area (Å²) >= 11 is 6.08. The lowest BCUT2D eigenvalue weighted by molar-refractivity contribution is -0.136. The second-order valence-electron chi connectivity index (χ2n) is 11.5. The zero-order valence-corrected chi connectivity index (χ0v) is 25.0. The number of halogens is 1. The van der Waals surface area contributed by atoms with E-state index in [1.807, 2.05) is 11.0 Å². The average molecular weight is 624 g/mol. The molecule has 13 heteroatoms. The maximum Gasteiger partial charge on any atom is 0.262 e. The van der Waals surface area contributed by atoms with Gasteiger partial charge in [0.15, 0.2) is 0 Å². The largest absolute Gasteiger partial charge is 0.369 e. The van der Waals surface area contributed by atoms with Gasteiger partial charge in [-0.25, -0.2) is 0 Å². The summed E-state index contributed by atoms with van der Waals surface area (Å²) in [6.45, 7) is 4.67. The van der Waals surface area contributed by atoms with E-state index in [0.717, 1.165) is 10.6 Å². The maximum absolute atomic E-state index is 13.1. The molecule has 12 nitrogen and oxygen atoms in total. The van der Waals surface area contributed by atoms with Crippen molar-refractivity contribution in [2.75, 3.05) is 23.3 Å². The molecule has 45 heavy (non-hydrogen) atoms. The number of piperidine rings is 1. The Morgan fingerprint density at radius 3 is 2.56 bits per heavy atom. The summed E-state index contributed by atoms with van der Waals surface area (Å²) in [5, 5.41) is 18.6. The quantitative estimate of drug-likeness (QED) is 0.324. The van der Waals surface area contributed by atoms with E-state index in [0.29, 0.717) is 29.9 Å². The van der Waals surface area contributed by atoms with E-state index >= 15 is 0 Å². The van der Waals surface area contributed by atoms with E-state index in [1.165, 1.54) is 16.8 Å². The van der Waals surface area contributed by atoms with Crippen molar-refractivity contribution in [2.24, 2.45) is 5.92 Å². The van der Waals surface area contributed by atoms with Gasteiger partial charge in [-0.1, -0.05) is 23.4 Å². The van der Waals surface area contributed by atoms with E-state index < -0.39 is 35.2 Å². The Balaban J connectivity index is 1.07. The van der Waals surface area contributed by atoms with Gasteiger partial charge in [0.25, 0.3) is 17.7 Å². The topological polar surface area (TPSA) is 158 Å². The van der Waals surface area contributed by atoms with Crippen LogP contribution in [0.4, 0.5) is 11.4 Å². The van der Waals surface area contributed by atoms with E-state index in [1.54, 1.807) is 50.5 Å². The number of carbonyl (C=O) groups excluding carboxylic acids is 5. The molecule has 0 saturated carbocycles. The number of rotatable bonds is 5. The Morgan fingerprint density at radius 1 is 1.09 bits per heavy atom. The minimum Gasteiger partial charge on any atom is -0.369 e. The predicted molar refractivity (Wildman–Crippen MR) is 162 cm³/mol. The van der Waals surface area contributed by atoms with Gasteiger partial charge < -0.3 is 10.2 Å². The van der Waals surface area contributed by atoms with Gasteiger partial charge in [-0.2, -0.15) is 10.4 Å². The smallest absolute Gasteiger partial charge is 0.262 e. The third-order valence-corrected chi connectivity index (χ3v) is 8.46. The number of nitrogens with zero attached hydrogens (tertiary/aromatic N) is 5. The van der Waals surface area contributed by atoms with Crippen molar-refractivity contribution in [1.29, 1.82) is 5.26 Å². The molecule has 6 rings (SSSR count). The van der Waals surface area contributed by atoms with E-state index in [2.05, 4.69) is 27.6 Å². The van der Waals surface area contributed by atoms with Crippen molar-refractivity contribution in [3.63, 3.8) is 0 Å². The number of amides is 5. The molecule has 2 aromatic carbocycles. The van der Waals surface area contributed by atoms with Gasteiger partial charge in [-0.05, 0) is 56.7 Å². The monoisotopic (exact) mass is 623 g/mol. The van der Waals surface area contributed by atoms with Crippen LogP contribution in [0.2, 0.25) is 5.02 Å². The number of anilines is 2. The highest BCUT2D eigenvalue weighted by molar-refractivity contribution is 6.32. The Kier molecular flexibility index (Phi) is 7.39. The minimum atomic E-state index is -1.05. The Bertz CT molecular complexity index is 1910. The third-order valence-electron chi connectivity index (χ3n) is 8.15. The van der Waals surface area contributed by atoms with Gasteiger partial charge in [0.1, 0.15) is 17.6 Å². The Labute approximate surface area is 262 Å². The highest BCUT2D eigenvalue weighted by Crippen LogP contribution is 2.33. The molecule has 2 N–H and O–H groups in total. The van der Waals surface area contributed by atoms with E-state index in [-0.39, 0.29) is 40.8 Å². The van der Waals surface area contributed by atoms with Crippen LogP contribution in [0.3, 0.4) is 0 Å². The van der Waals surface area contributed by atoms with Crippen LogP contribution in [0.1, 0.15) is 58.5 Å². The van der Waals surface area contributed by atoms with Crippen LogP contribution in [0.25, 0.3) is 0 Å². The number of fused-ring (bicyclic) bond motifs is 1. The molecular weight excluding hydrogens is 598 g/mol. The molecule has 1 unspecified atom stereocenters. The molecule has 5 amide bonds. The first-order valence-electron chi connectivity index (χ1n) is 14.1. The fraction of sp³-hybridized carbons (Fsp3) is 0.281. The fourth-order valence-electron chi connectivity index (χ4n) is 5.39. The number of imide groups is 2. The summed E-state index contributed by atoms with van der Waals surface area (Å²) in [6.07, 6.45) is 3.46. The second-order valence-corrected chi connectivity index (χ2v) is 11.9. The summed E-state index contributed by atoms with van der Waals surface area (Å²) in [4.78, 5) is 65.9. The first-order chi connectivity index (χ1) is 21.5. The van der Waals surface area contributed by atoms with Crippen LogP contribution in [0, 0.1) is 29.1 Å². The van der Waals surface area contributed by atoms with Gasteiger partial charge >= 0.3 is 0 Å². The van der Waals surface area contributed by atoms with Crippen LogP contribution in [-0.4, -0.2) is 63.3 Å². The lowest BCUT2D eigenvalue weighted by atomic mass is 9.98. The second kappa shape index (κ2) is 11.2. The molecule has 0 radical (unpaired) electrons. The molecule has 0 aliphatic carbocycles. The first kappa shape index (κ1) is 29.6. The molecule has 0 bridgehead atoms. The van der Waals surface area contributed by atoms with Crippen molar-refractivity contribution >= 4 is 52.5 Å². The van der Waals surface area contributed by atoms with Crippen LogP contribution in [-0.2, 0) is 19.9 Å². The van der Waals surface area contributed by atoms with Crippen molar-refractivity contribution in [3.8, 4) is 17.9 Å². The molecule has 4 heterocycles. The van der Waals surface area contributed by atoms with Crippen molar-refractivity contribution in [2.45, 2.75) is 38.3 Å². The molecule has 1 aromatic heterocycles. The number of nitriles is 1. The Hall–Kier alpha value is -5.46.